The third-order valence-corrected chi connectivity index (χ3v) is 4.29. The van der Waals surface area contributed by atoms with Crippen LogP contribution in [0.4, 0.5) is 0 Å². The first kappa shape index (κ1) is 16.1. The molecule has 0 fully saturated rings. The fourth-order valence-electron chi connectivity index (χ4n) is 1.59. The molecule has 5 nitrogen and oxygen atoms in total. The minimum absolute atomic E-state index is 0.124. The average molecular weight is 349 g/mol. The Hall–Kier alpha value is -0.920. The Bertz CT molecular complexity index is 528. The maximum atomic E-state index is 11.5. The molecule has 0 saturated carbocycles. The average Bonchev–Trinajstić information content (AvgIpc) is 2.31. The molecule has 0 bridgehead atoms. The number of benzene rings is 1. The van der Waals surface area contributed by atoms with Gasteiger partial charge in [-0.3, -0.25) is 4.79 Å². The molecule has 0 heterocycles. The number of rotatable bonds is 6. The molecule has 1 aromatic rings. The minimum atomic E-state index is -3.51. The second kappa shape index (κ2) is 7.02. The van der Waals surface area contributed by atoms with Gasteiger partial charge >= 0.3 is 0 Å². The van der Waals surface area contributed by atoms with Gasteiger partial charge in [0.2, 0.25) is 15.9 Å². The van der Waals surface area contributed by atoms with Gasteiger partial charge in [-0.25, -0.2) is 13.1 Å². The largest absolute Gasteiger partial charge is 0.352 e. The zero-order valence-electron chi connectivity index (χ0n) is 10.8. The maximum Gasteiger partial charge on any atom is 0.236 e. The molecule has 0 aliphatic carbocycles. The van der Waals surface area contributed by atoms with E-state index in [0.717, 1.165) is 10.0 Å². The highest BCUT2D eigenvalue weighted by Crippen LogP contribution is 2.11. The first-order valence-electron chi connectivity index (χ1n) is 5.77. The lowest BCUT2D eigenvalue weighted by Gasteiger charge is -2.14. The highest BCUT2D eigenvalue weighted by atomic mass is 79.9. The summed E-state index contributed by atoms with van der Waals surface area (Å²) in [7, 11) is -2.23. The number of carbonyl (C=O) groups excluding carboxylic acids is 1. The van der Waals surface area contributed by atoms with Gasteiger partial charge in [-0.15, -0.1) is 0 Å². The van der Waals surface area contributed by atoms with E-state index in [0.29, 0.717) is 6.42 Å². The van der Waals surface area contributed by atoms with Gasteiger partial charge in [0.05, 0.1) is 0 Å². The van der Waals surface area contributed by atoms with Crippen molar-refractivity contribution < 1.29 is 13.2 Å². The molecule has 0 spiro atoms. The third kappa shape index (κ3) is 6.17. The van der Waals surface area contributed by atoms with Gasteiger partial charge in [-0.05, 0) is 38.1 Å². The Morgan fingerprint density at radius 3 is 2.42 bits per heavy atom. The zero-order chi connectivity index (χ0) is 14.5. The van der Waals surface area contributed by atoms with Crippen molar-refractivity contribution in [2.75, 3.05) is 12.8 Å². The quantitative estimate of drug-likeness (QED) is 0.806. The predicted octanol–water partition coefficient (Wildman–Crippen LogP) is 1.05. The second-order valence-electron chi connectivity index (χ2n) is 4.26. The van der Waals surface area contributed by atoms with Crippen molar-refractivity contribution in [3.8, 4) is 0 Å². The highest BCUT2D eigenvalue weighted by Gasteiger charge is 2.16. The molecule has 1 aromatic carbocycles. The molecule has 0 aliphatic heterocycles. The SMILES string of the molecule is CNS(=O)(=O)CC(=O)N[C@H](C)Cc1ccc(Br)cc1. The zero-order valence-corrected chi connectivity index (χ0v) is 13.2. The van der Waals surface area contributed by atoms with E-state index in [1.807, 2.05) is 31.2 Å². The van der Waals surface area contributed by atoms with Crippen LogP contribution in [-0.4, -0.2) is 33.2 Å². The Morgan fingerprint density at radius 2 is 1.89 bits per heavy atom. The van der Waals surface area contributed by atoms with Gasteiger partial charge in [-0.1, -0.05) is 28.1 Å². The van der Waals surface area contributed by atoms with Gasteiger partial charge in [0.25, 0.3) is 0 Å². The summed E-state index contributed by atoms with van der Waals surface area (Å²) in [5.41, 5.74) is 1.08. The normalized spacial score (nSPS) is 13.0. The van der Waals surface area contributed by atoms with Crippen LogP contribution in [0.25, 0.3) is 0 Å². The van der Waals surface area contributed by atoms with Crippen LogP contribution in [0.5, 0.6) is 0 Å². The van der Waals surface area contributed by atoms with E-state index in [1.54, 1.807) is 0 Å². The molecule has 19 heavy (non-hydrogen) atoms. The molecular weight excluding hydrogens is 332 g/mol. The smallest absolute Gasteiger partial charge is 0.236 e. The molecular formula is C12H17BrN2O3S. The van der Waals surface area contributed by atoms with Crippen molar-refractivity contribution in [3.63, 3.8) is 0 Å². The van der Waals surface area contributed by atoms with Crippen molar-refractivity contribution in [1.29, 1.82) is 0 Å². The van der Waals surface area contributed by atoms with E-state index >= 15 is 0 Å². The topological polar surface area (TPSA) is 75.3 Å². The van der Waals surface area contributed by atoms with E-state index in [4.69, 9.17) is 0 Å². The van der Waals surface area contributed by atoms with Crippen molar-refractivity contribution in [1.82, 2.24) is 10.0 Å². The lowest BCUT2D eigenvalue weighted by Crippen LogP contribution is -2.40. The Balaban J connectivity index is 2.49. The number of hydrogen-bond donors (Lipinski definition) is 2. The standard InChI is InChI=1S/C12H17BrN2O3S/c1-9(7-10-3-5-11(13)6-4-10)15-12(16)8-19(17,18)14-2/h3-6,9,14H,7-8H2,1-2H3,(H,15,16)/t9-/m1/s1. The maximum absolute atomic E-state index is 11.5. The fourth-order valence-corrected chi connectivity index (χ4v) is 2.42. The molecule has 7 heteroatoms. The number of nitrogens with one attached hydrogen (secondary N) is 2. The molecule has 0 unspecified atom stereocenters. The van der Waals surface area contributed by atoms with Crippen molar-refractivity contribution in [2.45, 2.75) is 19.4 Å². The van der Waals surface area contributed by atoms with Gasteiger partial charge < -0.3 is 5.32 Å². The first-order valence-corrected chi connectivity index (χ1v) is 8.22. The van der Waals surface area contributed by atoms with Crippen LogP contribution >= 0.6 is 15.9 Å². The molecule has 0 aromatic heterocycles. The van der Waals surface area contributed by atoms with Crippen molar-refractivity contribution in [2.24, 2.45) is 0 Å². The van der Waals surface area contributed by atoms with Crippen LogP contribution in [0.2, 0.25) is 0 Å². The van der Waals surface area contributed by atoms with Crippen LogP contribution in [-0.2, 0) is 21.2 Å². The lowest BCUT2D eigenvalue weighted by atomic mass is 10.1. The van der Waals surface area contributed by atoms with Crippen LogP contribution in [0, 0.1) is 0 Å². The minimum Gasteiger partial charge on any atom is -0.352 e. The summed E-state index contributed by atoms with van der Waals surface area (Å²) >= 11 is 3.35. The lowest BCUT2D eigenvalue weighted by molar-refractivity contribution is -0.119. The Morgan fingerprint density at radius 1 is 1.32 bits per heavy atom. The number of amides is 1. The Kier molecular flexibility index (Phi) is 5.96. The molecule has 0 radical (unpaired) electrons. The van der Waals surface area contributed by atoms with E-state index in [1.165, 1.54) is 7.05 Å². The summed E-state index contributed by atoms with van der Waals surface area (Å²) in [5, 5.41) is 2.66. The first-order chi connectivity index (χ1) is 8.82. The summed E-state index contributed by atoms with van der Waals surface area (Å²) in [4.78, 5) is 11.5. The van der Waals surface area contributed by atoms with Crippen LogP contribution in [0.3, 0.4) is 0 Å². The number of sulfonamides is 1. The monoisotopic (exact) mass is 348 g/mol. The third-order valence-electron chi connectivity index (χ3n) is 2.49. The van der Waals surface area contributed by atoms with Crippen molar-refractivity contribution in [3.05, 3.63) is 34.3 Å². The van der Waals surface area contributed by atoms with Gasteiger partial charge in [0.15, 0.2) is 0 Å². The van der Waals surface area contributed by atoms with Crippen LogP contribution < -0.4 is 10.0 Å². The summed E-state index contributed by atoms with van der Waals surface area (Å²) in [6.45, 7) is 1.84. The van der Waals surface area contributed by atoms with E-state index < -0.39 is 21.7 Å². The molecule has 0 saturated heterocycles. The fraction of sp³-hybridized carbons (Fsp3) is 0.417. The van der Waals surface area contributed by atoms with E-state index in [2.05, 4.69) is 26.0 Å². The van der Waals surface area contributed by atoms with E-state index in [9.17, 15) is 13.2 Å². The predicted molar refractivity (Wildman–Crippen MR) is 78.3 cm³/mol. The van der Waals surface area contributed by atoms with Gasteiger partial charge in [-0.2, -0.15) is 0 Å². The number of hydrogen-bond acceptors (Lipinski definition) is 3. The molecule has 1 rings (SSSR count). The van der Waals surface area contributed by atoms with Crippen molar-refractivity contribution >= 4 is 31.9 Å². The molecule has 106 valence electrons. The molecule has 2 N–H and O–H groups in total. The molecule has 0 aliphatic rings. The van der Waals surface area contributed by atoms with E-state index in [-0.39, 0.29) is 6.04 Å². The Labute approximate surface area is 122 Å². The van der Waals surface area contributed by atoms with Gasteiger partial charge in [0, 0.05) is 10.5 Å². The van der Waals surface area contributed by atoms with Crippen LogP contribution in [0.15, 0.2) is 28.7 Å². The summed E-state index contributed by atoms with van der Waals surface area (Å²) < 4.78 is 25.5. The molecule has 1 atom stereocenters. The van der Waals surface area contributed by atoms with Crippen LogP contribution in [0.1, 0.15) is 12.5 Å². The summed E-state index contributed by atoms with van der Waals surface area (Å²) in [6, 6.07) is 7.64. The number of carbonyl (C=O) groups is 1. The summed E-state index contributed by atoms with van der Waals surface area (Å²) in [5.74, 6) is -1.05. The summed E-state index contributed by atoms with van der Waals surface area (Å²) in [6.07, 6.45) is 0.651. The highest BCUT2D eigenvalue weighted by molar-refractivity contribution is 9.10. The number of halogens is 1. The van der Waals surface area contributed by atoms with Gasteiger partial charge in [0.1, 0.15) is 5.75 Å². The molecule has 1 amide bonds. The second-order valence-corrected chi connectivity index (χ2v) is 7.10.